The third-order valence-electron chi connectivity index (χ3n) is 3.34. The molecule has 3 rings (SSSR count). The number of rotatable bonds is 5. The first-order chi connectivity index (χ1) is 11.2. The van der Waals surface area contributed by atoms with Crippen LogP contribution in [0.25, 0.3) is 0 Å². The average Bonchev–Trinajstić information content (AvgIpc) is 2.57. The lowest BCUT2D eigenvalue weighted by Crippen LogP contribution is -2.05. The molecule has 116 valence electrons. The van der Waals surface area contributed by atoms with E-state index < -0.39 is 0 Å². The fraction of sp³-hybridized carbons (Fsp3) is 0.111. The number of aromatic nitrogens is 2. The van der Waals surface area contributed by atoms with Gasteiger partial charge in [0.1, 0.15) is 5.82 Å². The SMILES string of the molecule is Cc1ccc(Nc2ccnc(NCc3ccccc3)n2)c(Br)c1. The number of aryl methyl sites for hydroxylation is 1. The van der Waals surface area contributed by atoms with Crippen LogP contribution in [0.5, 0.6) is 0 Å². The monoisotopic (exact) mass is 368 g/mol. The van der Waals surface area contributed by atoms with Crippen LogP contribution in [0.3, 0.4) is 0 Å². The Morgan fingerprint density at radius 3 is 2.65 bits per heavy atom. The summed E-state index contributed by atoms with van der Waals surface area (Å²) < 4.78 is 1.01. The molecule has 0 bridgehead atoms. The minimum Gasteiger partial charge on any atom is -0.350 e. The first-order valence-electron chi connectivity index (χ1n) is 7.35. The van der Waals surface area contributed by atoms with Crippen LogP contribution < -0.4 is 10.6 Å². The normalized spacial score (nSPS) is 10.3. The highest BCUT2D eigenvalue weighted by molar-refractivity contribution is 9.10. The Hall–Kier alpha value is -2.40. The predicted molar refractivity (Wildman–Crippen MR) is 98.0 cm³/mol. The van der Waals surface area contributed by atoms with Gasteiger partial charge in [-0.2, -0.15) is 4.98 Å². The van der Waals surface area contributed by atoms with Crippen LogP contribution in [0.4, 0.5) is 17.5 Å². The maximum Gasteiger partial charge on any atom is 0.224 e. The van der Waals surface area contributed by atoms with Crippen molar-refractivity contribution in [3.05, 3.63) is 76.4 Å². The highest BCUT2D eigenvalue weighted by Gasteiger charge is 2.03. The van der Waals surface area contributed by atoms with Crippen LogP contribution in [-0.2, 0) is 6.54 Å². The first-order valence-corrected chi connectivity index (χ1v) is 8.14. The number of hydrogen-bond acceptors (Lipinski definition) is 4. The maximum atomic E-state index is 4.49. The van der Waals surface area contributed by atoms with Crippen molar-refractivity contribution in [1.82, 2.24) is 9.97 Å². The molecule has 1 aromatic heterocycles. The van der Waals surface area contributed by atoms with Crippen molar-refractivity contribution in [2.45, 2.75) is 13.5 Å². The summed E-state index contributed by atoms with van der Waals surface area (Å²) in [5, 5.41) is 6.54. The molecule has 3 aromatic rings. The molecule has 1 heterocycles. The zero-order chi connectivity index (χ0) is 16.1. The van der Waals surface area contributed by atoms with Crippen LogP contribution in [0.15, 0.2) is 65.3 Å². The van der Waals surface area contributed by atoms with Crippen molar-refractivity contribution in [2.75, 3.05) is 10.6 Å². The van der Waals surface area contributed by atoms with E-state index in [-0.39, 0.29) is 0 Å². The Kier molecular flexibility index (Phi) is 4.88. The van der Waals surface area contributed by atoms with Crippen LogP contribution in [-0.4, -0.2) is 9.97 Å². The van der Waals surface area contributed by atoms with Gasteiger partial charge in [0, 0.05) is 17.2 Å². The summed E-state index contributed by atoms with van der Waals surface area (Å²) >= 11 is 3.56. The van der Waals surface area contributed by atoms with E-state index in [1.807, 2.05) is 30.3 Å². The fourth-order valence-electron chi connectivity index (χ4n) is 2.15. The molecular weight excluding hydrogens is 352 g/mol. The molecule has 0 aliphatic heterocycles. The second kappa shape index (κ2) is 7.24. The number of hydrogen-bond donors (Lipinski definition) is 2. The smallest absolute Gasteiger partial charge is 0.224 e. The van der Waals surface area contributed by atoms with E-state index in [0.29, 0.717) is 12.5 Å². The van der Waals surface area contributed by atoms with Gasteiger partial charge in [0.05, 0.1) is 5.69 Å². The fourth-order valence-corrected chi connectivity index (χ4v) is 2.74. The molecule has 0 amide bonds. The number of halogens is 1. The van der Waals surface area contributed by atoms with Gasteiger partial charge < -0.3 is 10.6 Å². The van der Waals surface area contributed by atoms with E-state index in [0.717, 1.165) is 16.0 Å². The van der Waals surface area contributed by atoms with E-state index >= 15 is 0 Å². The molecule has 4 nitrogen and oxygen atoms in total. The summed E-state index contributed by atoms with van der Waals surface area (Å²) in [5.41, 5.74) is 3.37. The summed E-state index contributed by atoms with van der Waals surface area (Å²) in [6, 6.07) is 18.2. The standard InChI is InChI=1S/C18H17BrN4/c1-13-7-8-16(15(19)11-13)22-17-9-10-20-18(23-17)21-12-14-5-3-2-4-6-14/h2-11H,12H2,1H3,(H2,20,21,22,23). The quantitative estimate of drug-likeness (QED) is 0.672. The van der Waals surface area contributed by atoms with Gasteiger partial charge in [-0.25, -0.2) is 4.98 Å². The average molecular weight is 369 g/mol. The Morgan fingerprint density at radius 2 is 1.87 bits per heavy atom. The summed E-state index contributed by atoms with van der Waals surface area (Å²) in [5.74, 6) is 1.35. The second-order valence-corrected chi connectivity index (χ2v) is 6.07. The van der Waals surface area contributed by atoms with E-state index in [4.69, 9.17) is 0 Å². The lowest BCUT2D eigenvalue weighted by atomic mass is 10.2. The van der Waals surface area contributed by atoms with Crippen molar-refractivity contribution in [3.63, 3.8) is 0 Å². The molecule has 2 N–H and O–H groups in total. The van der Waals surface area contributed by atoms with E-state index in [2.05, 4.69) is 67.7 Å². The van der Waals surface area contributed by atoms with Gasteiger partial charge in [-0.3, -0.25) is 0 Å². The minimum atomic E-state index is 0.599. The molecule has 0 saturated heterocycles. The summed E-state index contributed by atoms with van der Waals surface area (Å²) in [6.07, 6.45) is 1.74. The molecule has 2 aromatic carbocycles. The molecule has 0 unspecified atom stereocenters. The Morgan fingerprint density at radius 1 is 1.04 bits per heavy atom. The third-order valence-corrected chi connectivity index (χ3v) is 3.99. The van der Waals surface area contributed by atoms with Crippen molar-refractivity contribution in [3.8, 4) is 0 Å². The molecule has 0 spiro atoms. The molecule has 0 atom stereocenters. The Labute approximate surface area is 144 Å². The number of benzene rings is 2. The van der Waals surface area contributed by atoms with Crippen LogP contribution >= 0.6 is 15.9 Å². The molecule has 0 saturated carbocycles. The van der Waals surface area contributed by atoms with Gasteiger partial charge >= 0.3 is 0 Å². The van der Waals surface area contributed by atoms with E-state index in [9.17, 15) is 0 Å². The first kappa shape index (κ1) is 15.5. The topological polar surface area (TPSA) is 49.8 Å². The molecule has 0 radical (unpaired) electrons. The predicted octanol–water partition coefficient (Wildman–Crippen LogP) is 4.90. The number of nitrogens with zero attached hydrogens (tertiary/aromatic N) is 2. The molecule has 0 aliphatic carbocycles. The molecule has 0 aliphatic rings. The van der Waals surface area contributed by atoms with Crippen molar-refractivity contribution >= 4 is 33.4 Å². The summed E-state index contributed by atoms with van der Waals surface area (Å²) in [4.78, 5) is 8.75. The third kappa shape index (κ3) is 4.29. The highest BCUT2D eigenvalue weighted by atomic mass is 79.9. The zero-order valence-corrected chi connectivity index (χ0v) is 14.3. The lowest BCUT2D eigenvalue weighted by molar-refractivity contribution is 1.06. The molecule has 23 heavy (non-hydrogen) atoms. The summed E-state index contributed by atoms with van der Waals surface area (Å²) in [7, 11) is 0. The number of anilines is 3. The summed E-state index contributed by atoms with van der Waals surface area (Å²) in [6.45, 7) is 2.75. The lowest BCUT2D eigenvalue weighted by Gasteiger charge is -2.10. The van der Waals surface area contributed by atoms with Gasteiger partial charge in [0.25, 0.3) is 0 Å². The maximum absolute atomic E-state index is 4.49. The van der Waals surface area contributed by atoms with Crippen LogP contribution in [0.2, 0.25) is 0 Å². The van der Waals surface area contributed by atoms with E-state index in [1.54, 1.807) is 6.20 Å². The van der Waals surface area contributed by atoms with Gasteiger partial charge in [-0.05, 0) is 52.2 Å². The molecule has 5 heteroatoms. The van der Waals surface area contributed by atoms with Gasteiger partial charge in [0.2, 0.25) is 5.95 Å². The molecular formula is C18H17BrN4. The highest BCUT2D eigenvalue weighted by Crippen LogP contribution is 2.26. The van der Waals surface area contributed by atoms with Crippen molar-refractivity contribution < 1.29 is 0 Å². The van der Waals surface area contributed by atoms with Crippen molar-refractivity contribution in [1.29, 1.82) is 0 Å². The second-order valence-electron chi connectivity index (χ2n) is 5.21. The van der Waals surface area contributed by atoms with Crippen LogP contribution in [0, 0.1) is 6.92 Å². The molecule has 0 fully saturated rings. The van der Waals surface area contributed by atoms with Crippen LogP contribution in [0.1, 0.15) is 11.1 Å². The van der Waals surface area contributed by atoms with Gasteiger partial charge in [-0.15, -0.1) is 0 Å². The number of nitrogens with one attached hydrogen (secondary N) is 2. The largest absolute Gasteiger partial charge is 0.350 e. The van der Waals surface area contributed by atoms with E-state index in [1.165, 1.54) is 11.1 Å². The van der Waals surface area contributed by atoms with Gasteiger partial charge in [-0.1, -0.05) is 36.4 Å². The van der Waals surface area contributed by atoms with Crippen molar-refractivity contribution in [2.24, 2.45) is 0 Å². The minimum absolute atomic E-state index is 0.599. The Bertz CT molecular complexity index is 790. The Balaban J connectivity index is 1.69. The zero-order valence-electron chi connectivity index (χ0n) is 12.8. The van der Waals surface area contributed by atoms with Gasteiger partial charge in [0.15, 0.2) is 0 Å².